The number of nitrogens with zero attached hydrogens (tertiary/aromatic N) is 1. The van der Waals surface area contributed by atoms with E-state index in [9.17, 15) is 13.2 Å². The van der Waals surface area contributed by atoms with Crippen LogP contribution in [-0.4, -0.2) is 58.9 Å². The van der Waals surface area contributed by atoms with Gasteiger partial charge >= 0.3 is 0 Å². The summed E-state index contributed by atoms with van der Waals surface area (Å²) in [6, 6.07) is 12.7. The van der Waals surface area contributed by atoms with Crippen LogP contribution in [-0.2, 0) is 19.5 Å². The van der Waals surface area contributed by atoms with E-state index >= 15 is 0 Å². The smallest absolute Gasteiger partial charge is 0.262 e. The average molecular weight is 447 g/mol. The van der Waals surface area contributed by atoms with Crippen LogP contribution in [0.2, 0.25) is 0 Å². The van der Waals surface area contributed by atoms with Crippen LogP contribution in [0.4, 0.5) is 5.69 Å². The zero-order valence-electron chi connectivity index (χ0n) is 17.3. The van der Waals surface area contributed by atoms with Gasteiger partial charge in [-0.15, -0.1) is 0 Å². The van der Waals surface area contributed by atoms with Crippen molar-refractivity contribution in [2.45, 2.75) is 24.0 Å². The van der Waals surface area contributed by atoms with Crippen LogP contribution >= 0.6 is 0 Å². The second kappa shape index (κ2) is 9.25. The molecule has 8 nitrogen and oxygen atoms in total. The van der Waals surface area contributed by atoms with Gasteiger partial charge in [-0.3, -0.25) is 9.52 Å². The molecule has 2 aromatic carbocycles. The van der Waals surface area contributed by atoms with E-state index in [0.29, 0.717) is 43.3 Å². The minimum absolute atomic E-state index is 0.0687. The molecule has 0 aliphatic carbocycles. The number of anilines is 1. The highest BCUT2D eigenvalue weighted by molar-refractivity contribution is 7.92. The van der Waals surface area contributed by atoms with E-state index < -0.39 is 10.0 Å². The number of methoxy groups -OCH3 is 1. The average Bonchev–Trinajstić information content (AvgIpc) is 3.34. The topological polar surface area (TPSA) is 94.2 Å². The van der Waals surface area contributed by atoms with Crippen molar-refractivity contribution in [3.63, 3.8) is 0 Å². The van der Waals surface area contributed by atoms with E-state index in [2.05, 4.69) is 4.72 Å². The highest BCUT2D eigenvalue weighted by Gasteiger charge is 2.33. The lowest BCUT2D eigenvalue weighted by Gasteiger charge is -2.34. The highest BCUT2D eigenvalue weighted by Crippen LogP contribution is 2.28. The zero-order chi connectivity index (χ0) is 21.8. The molecule has 2 aromatic rings. The van der Waals surface area contributed by atoms with Crippen LogP contribution < -0.4 is 9.46 Å². The minimum atomic E-state index is -3.82. The molecule has 0 spiro atoms. The molecule has 2 aliphatic rings. The normalized spacial score (nSPS) is 19.9. The Labute approximate surface area is 182 Å². The molecule has 2 heterocycles. The predicted molar refractivity (Wildman–Crippen MR) is 115 cm³/mol. The molecule has 1 N–H and O–H groups in total. The van der Waals surface area contributed by atoms with Gasteiger partial charge in [-0.2, -0.15) is 0 Å². The van der Waals surface area contributed by atoms with Crippen molar-refractivity contribution in [1.29, 1.82) is 0 Å². The fraction of sp³-hybridized carbons (Fsp3) is 0.409. The molecule has 0 radical (unpaired) electrons. The molecule has 2 saturated heterocycles. The number of nitrogens with one attached hydrogen (secondary N) is 1. The van der Waals surface area contributed by atoms with Gasteiger partial charge in [-0.25, -0.2) is 8.42 Å². The van der Waals surface area contributed by atoms with Gasteiger partial charge in [0.15, 0.2) is 6.29 Å². The minimum Gasteiger partial charge on any atom is -0.495 e. The number of carbonyl (C=O) groups excluding carboxylic acids is 1. The third-order valence-electron chi connectivity index (χ3n) is 5.54. The molecule has 4 rings (SSSR count). The van der Waals surface area contributed by atoms with Gasteiger partial charge in [0.1, 0.15) is 5.75 Å². The number of likely N-dealkylation sites (tertiary alicyclic amines) is 1. The summed E-state index contributed by atoms with van der Waals surface area (Å²) in [4.78, 5) is 14.8. The molecule has 166 valence electrons. The summed E-state index contributed by atoms with van der Waals surface area (Å²) in [6.07, 6.45) is 1.60. The quantitative estimate of drug-likeness (QED) is 0.733. The number of carbonyl (C=O) groups is 1. The van der Waals surface area contributed by atoms with Gasteiger partial charge < -0.3 is 19.1 Å². The van der Waals surface area contributed by atoms with Crippen molar-refractivity contribution < 1.29 is 27.4 Å². The molecule has 31 heavy (non-hydrogen) atoms. The highest BCUT2D eigenvalue weighted by atomic mass is 32.2. The van der Waals surface area contributed by atoms with Crippen LogP contribution in [0.15, 0.2) is 53.4 Å². The third kappa shape index (κ3) is 4.84. The van der Waals surface area contributed by atoms with E-state index in [0.717, 1.165) is 12.8 Å². The second-order valence-corrected chi connectivity index (χ2v) is 9.28. The number of ether oxygens (including phenoxy) is 3. The number of hydrogen-bond acceptors (Lipinski definition) is 6. The molecule has 0 aromatic heterocycles. The molecular formula is C22H26N2O6S. The largest absolute Gasteiger partial charge is 0.495 e. The molecule has 1 unspecified atom stereocenters. The van der Waals surface area contributed by atoms with E-state index in [1.807, 2.05) is 0 Å². The Kier molecular flexibility index (Phi) is 6.45. The molecule has 0 saturated carbocycles. The Morgan fingerprint density at radius 2 is 1.81 bits per heavy atom. The first-order valence-corrected chi connectivity index (χ1v) is 11.7. The van der Waals surface area contributed by atoms with Crippen molar-refractivity contribution in [2.75, 3.05) is 38.1 Å². The molecule has 1 atom stereocenters. The maximum absolute atomic E-state index is 13.0. The Hall–Kier alpha value is -2.62. The van der Waals surface area contributed by atoms with Gasteiger partial charge in [-0.1, -0.05) is 12.1 Å². The van der Waals surface area contributed by atoms with E-state index in [1.54, 1.807) is 41.3 Å². The first-order valence-electron chi connectivity index (χ1n) is 10.3. The van der Waals surface area contributed by atoms with Crippen molar-refractivity contribution >= 4 is 21.6 Å². The molecule has 1 amide bonds. The molecule has 2 aliphatic heterocycles. The molecular weight excluding hydrogens is 420 g/mol. The number of para-hydroxylation sites is 2. The van der Waals surface area contributed by atoms with Gasteiger partial charge in [0.2, 0.25) is 0 Å². The van der Waals surface area contributed by atoms with E-state index in [-0.39, 0.29) is 23.0 Å². The second-order valence-electron chi connectivity index (χ2n) is 7.59. The molecule has 9 heteroatoms. The Balaban J connectivity index is 1.45. The summed E-state index contributed by atoms with van der Waals surface area (Å²) in [7, 11) is -2.35. The van der Waals surface area contributed by atoms with Crippen LogP contribution in [0.5, 0.6) is 5.75 Å². The van der Waals surface area contributed by atoms with Gasteiger partial charge in [-0.05, 0) is 49.2 Å². The van der Waals surface area contributed by atoms with Crippen molar-refractivity contribution in [2.24, 2.45) is 5.92 Å². The lowest BCUT2D eigenvalue weighted by Crippen LogP contribution is -2.43. The van der Waals surface area contributed by atoms with Gasteiger partial charge in [0.25, 0.3) is 15.9 Å². The van der Waals surface area contributed by atoms with Crippen molar-refractivity contribution in [3.05, 3.63) is 54.1 Å². The van der Waals surface area contributed by atoms with Crippen LogP contribution in [0.25, 0.3) is 0 Å². The van der Waals surface area contributed by atoms with Crippen LogP contribution in [0.1, 0.15) is 23.2 Å². The fourth-order valence-corrected chi connectivity index (χ4v) is 5.03. The number of rotatable bonds is 6. The molecule has 2 fully saturated rings. The van der Waals surface area contributed by atoms with Crippen molar-refractivity contribution in [3.8, 4) is 5.75 Å². The van der Waals surface area contributed by atoms with Crippen LogP contribution in [0, 0.1) is 5.92 Å². The van der Waals surface area contributed by atoms with Crippen molar-refractivity contribution in [1.82, 2.24) is 4.90 Å². The monoisotopic (exact) mass is 446 g/mol. The summed E-state index contributed by atoms with van der Waals surface area (Å²) in [5.74, 6) is 0.460. The lowest BCUT2D eigenvalue weighted by molar-refractivity contribution is -0.0969. The predicted octanol–water partition coefficient (Wildman–Crippen LogP) is 2.72. The zero-order valence-corrected chi connectivity index (χ0v) is 18.1. The van der Waals surface area contributed by atoms with Crippen LogP contribution in [0.3, 0.4) is 0 Å². The molecule has 0 bridgehead atoms. The first kappa shape index (κ1) is 21.6. The van der Waals surface area contributed by atoms with E-state index in [4.69, 9.17) is 14.2 Å². The van der Waals surface area contributed by atoms with Gasteiger partial charge in [0, 0.05) is 24.6 Å². The lowest BCUT2D eigenvalue weighted by atomic mass is 9.96. The summed E-state index contributed by atoms with van der Waals surface area (Å²) in [5, 5.41) is 0. The number of amides is 1. The number of sulfonamides is 1. The summed E-state index contributed by atoms with van der Waals surface area (Å²) < 4.78 is 44.4. The van der Waals surface area contributed by atoms with E-state index in [1.165, 1.54) is 19.2 Å². The van der Waals surface area contributed by atoms with Gasteiger partial charge in [0.05, 0.1) is 30.9 Å². The maximum atomic E-state index is 13.0. The number of hydrogen-bond donors (Lipinski definition) is 1. The first-order chi connectivity index (χ1) is 15.0. The fourth-order valence-electron chi connectivity index (χ4n) is 3.96. The summed E-state index contributed by atoms with van der Waals surface area (Å²) >= 11 is 0. The third-order valence-corrected chi connectivity index (χ3v) is 6.92. The maximum Gasteiger partial charge on any atom is 0.262 e. The SMILES string of the molecule is COc1ccccc1NS(=O)(=O)c1ccc(C(=O)N2CCCC(C3OCCO3)C2)cc1. The summed E-state index contributed by atoms with van der Waals surface area (Å²) in [5.41, 5.74) is 0.797. The Morgan fingerprint density at radius 1 is 1.10 bits per heavy atom. The Bertz CT molecular complexity index is 1020. The standard InChI is InChI=1S/C22H26N2O6S/c1-28-20-7-3-2-6-19(20)23-31(26,27)18-10-8-16(9-11-18)21(25)24-12-4-5-17(15-24)22-29-13-14-30-22/h2-3,6-11,17,22-23H,4-5,12-15H2,1H3. The Morgan fingerprint density at radius 3 is 2.52 bits per heavy atom. The summed E-state index contributed by atoms with van der Waals surface area (Å²) in [6.45, 7) is 2.41. The number of piperidine rings is 1. The number of benzene rings is 2.